The number of halogens is 3. The molecule has 0 amide bonds. The number of hydrogen-bond acceptors (Lipinski definition) is 3. The minimum atomic E-state index is -4.36. The van der Waals surface area contributed by atoms with Gasteiger partial charge in [-0.25, -0.2) is 0 Å². The second-order valence-corrected chi connectivity index (χ2v) is 4.75. The fourth-order valence-corrected chi connectivity index (χ4v) is 2.05. The molecule has 0 unspecified atom stereocenters. The third-order valence-electron chi connectivity index (χ3n) is 3.11. The van der Waals surface area contributed by atoms with E-state index in [1.807, 2.05) is 0 Å². The molecule has 0 aliphatic heterocycles. The number of hydrogen-bond donors (Lipinski definition) is 1. The quantitative estimate of drug-likeness (QED) is 0.760. The summed E-state index contributed by atoms with van der Waals surface area (Å²) in [6.07, 6.45) is -4.36. The number of phenolic OH excluding ortho intramolecular Hbond substituents is 1. The van der Waals surface area contributed by atoms with Gasteiger partial charge in [0.05, 0.1) is 5.56 Å². The molecule has 0 spiro atoms. The van der Waals surface area contributed by atoms with Gasteiger partial charge in [0.1, 0.15) is 29.4 Å². The maximum Gasteiger partial charge on any atom is 0.416 e. The average Bonchev–Trinajstić information content (AvgIpc) is 2.86. The van der Waals surface area contributed by atoms with Crippen LogP contribution in [0, 0.1) is 0 Å². The second-order valence-electron chi connectivity index (χ2n) is 4.75. The zero-order chi connectivity index (χ0) is 15.7. The van der Waals surface area contributed by atoms with E-state index >= 15 is 0 Å². The molecular formula is C16H11F3O3. The number of benzene rings is 2. The van der Waals surface area contributed by atoms with Crippen molar-refractivity contribution in [3.63, 3.8) is 0 Å². The minimum Gasteiger partial charge on any atom is -0.508 e. The van der Waals surface area contributed by atoms with E-state index in [1.54, 1.807) is 18.2 Å². The topological polar surface area (TPSA) is 42.6 Å². The first kappa shape index (κ1) is 14.3. The van der Waals surface area contributed by atoms with Crippen molar-refractivity contribution in [1.29, 1.82) is 0 Å². The van der Waals surface area contributed by atoms with Crippen LogP contribution in [0.4, 0.5) is 13.2 Å². The molecule has 0 radical (unpaired) electrons. The summed E-state index contributed by atoms with van der Waals surface area (Å²) in [5, 5.41) is 10.1. The predicted molar refractivity (Wildman–Crippen MR) is 73.7 cm³/mol. The maximum absolute atomic E-state index is 12.4. The highest BCUT2D eigenvalue weighted by Crippen LogP contribution is 2.30. The molecule has 3 aromatic rings. The second kappa shape index (κ2) is 5.29. The smallest absolute Gasteiger partial charge is 0.416 e. The Balaban J connectivity index is 1.71. The summed E-state index contributed by atoms with van der Waals surface area (Å²) in [6.45, 7) is 0.0841. The fraction of sp³-hybridized carbons (Fsp3) is 0.125. The van der Waals surface area contributed by atoms with Crippen LogP contribution in [0.1, 0.15) is 11.3 Å². The molecule has 0 aliphatic rings. The predicted octanol–water partition coefficient (Wildman–Crippen LogP) is 4.74. The molecule has 0 atom stereocenters. The Morgan fingerprint density at radius 3 is 2.41 bits per heavy atom. The van der Waals surface area contributed by atoms with Crippen molar-refractivity contribution in [2.75, 3.05) is 0 Å². The van der Waals surface area contributed by atoms with Crippen LogP contribution in [0.5, 0.6) is 11.5 Å². The van der Waals surface area contributed by atoms with Gasteiger partial charge in [0.25, 0.3) is 0 Å². The molecule has 0 saturated carbocycles. The molecule has 0 aliphatic carbocycles. The molecule has 2 aromatic carbocycles. The molecule has 3 nitrogen and oxygen atoms in total. The normalized spacial score (nSPS) is 11.8. The Hall–Kier alpha value is -2.63. The molecule has 0 bridgehead atoms. The average molecular weight is 308 g/mol. The van der Waals surface area contributed by atoms with Gasteiger partial charge in [-0.2, -0.15) is 13.2 Å². The summed E-state index contributed by atoms with van der Waals surface area (Å²) >= 11 is 0. The lowest BCUT2D eigenvalue weighted by Gasteiger charge is -2.08. The van der Waals surface area contributed by atoms with Crippen molar-refractivity contribution < 1.29 is 27.4 Å². The molecule has 1 N–H and O–H groups in total. The summed E-state index contributed by atoms with van der Waals surface area (Å²) in [4.78, 5) is 0. The lowest BCUT2D eigenvalue weighted by Crippen LogP contribution is -2.04. The van der Waals surface area contributed by atoms with Crippen molar-refractivity contribution in [2.45, 2.75) is 12.8 Å². The number of alkyl halides is 3. The summed E-state index contributed by atoms with van der Waals surface area (Å²) < 4.78 is 48.2. The Morgan fingerprint density at radius 2 is 1.73 bits per heavy atom. The molecule has 1 heterocycles. The monoisotopic (exact) mass is 308 g/mol. The molecule has 114 valence electrons. The highest BCUT2D eigenvalue weighted by molar-refractivity contribution is 5.79. The van der Waals surface area contributed by atoms with Crippen LogP contribution in [0.15, 0.2) is 52.9 Å². The van der Waals surface area contributed by atoms with Gasteiger partial charge in [-0.1, -0.05) is 0 Å². The maximum atomic E-state index is 12.4. The van der Waals surface area contributed by atoms with Crippen molar-refractivity contribution in [3.8, 4) is 11.5 Å². The van der Waals surface area contributed by atoms with Crippen LogP contribution in [-0.2, 0) is 12.8 Å². The first-order valence-electron chi connectivity index (χ1n) is 6.43. The Kier molecular flexibility index (Phi) is 3.44. The Bertz CT molecular complexity index is 788. The first-order chi connectivity index (χ1) is 10.4. The van der Waals surface area contributed by atoms with E-state index < -0.39 is 11.7 Å². The van der Waals surface area contributed by atoms with Crippen LogP contribution in [0.3, 0.4) is 0 Å². The summed E-state index contributed by atoms with van der Waals surface area (Å²) in [7, 11) is 0. The zero-order valence-electron chi connectivity index (χ0n) is 11.2. The number of rotatable bonds is 3. The molecule has 22 heavy (non-hydrogen) atoms. The van der Waals surface area contributed by atoms with Gasteiger partial charge in [-0.15, -0.1) is 0 Å². The largest absolute Gasteiger partial charge is 0.508 e. The van der Waals surface area contributed by atoms with Gasteiger partial charge in [0, 0.05) is 5.39 Å². The molecular weight excluding hydrogens is 297 g/mol. The van der Waals surface area contributed by atoms with E-state index in [0.717, 1.165) is 17.5 Å². The van der Waals surface area contributed by atoms with E-state index in [4.69, 9.17) is 9.15 Å². The van der Waals surface area contributed by atoms with Gasteiger partial charge in [-0.05, 0) is 48.5 Å². The number of ether oxygens (including phenoxy) is 1. The summed E-state index contributed by atoms with van der Waals surface area (Å²) in [6, 6.07) is 10.9. The zero-order valence-corrected chi connectivity index (χ0v) is 11.2. The van der Waals surface area contributed by atoms with Crippen molar-refractivity contribution in [2.24, 2.45) is 0 Å². The first-order valence-corrected chi connectivity index (χ1v) is 6.43. The SMILES string of the molecule is Oc1ccc2oc(COc3ccc(C(F)(F)F)cc3)cc2c1. The number of aromatic hydroxyl groups is 1. The molecule has 3 rings (SSSR count). The van der Waals surface area contributed by atoms with Gasteiger partial charge < -0.3 is 14.3 Å². The van der Waals surface area contributed by atoms with Gasteiger partial charge in [-0.3, -0.25) is 0 Å². The Labute approximate surface area is 123 Å². The molecule has 0 fully saturated rings. The van der Waals surface area contributed by atoms with Crippen LogP contribution in [0.25, 0.3) is 11.0 Å². The standard InChI is InChI=1S/C16H11F3O3/c17-16(18,19)11-1-4-13(5-2-11)21-9-14-8-10-7-12(20)3-6-15(10)22-14/h1-8,20H,9H2. The van der Waals surface area contributed by atoms with Crippen LogP contribution in [0.2, 0.25) is 0 Å². The summed E-state index contributed by atoms with van der Waals surface area (Å²) in [5.41, 5.74) is -0.122. The summed E-state index contributed by atoms with van der Waals surface area (Å²) in [5.74, 6) is 0.959. The van der Waals surface area contributed by atoms with Crippen molar-refractivity contribution in [3.05, 3.63) is 59.9 Å². The van der Waals surface area contributed by atoms with Crippen LogP contribution >= 0.6 is 0 Å². The van der Waals surface area contributed by atoms with E-state index in [1.165, 1.54) is 18.2 Å². The highest BCUT2D eigenvalue weighted by atomic mass is 19.4. The van der Waals surface area contributed by atoms with Gasteiger partial charge >= 0.3 is 6.18 Å². The van der Waals surface area contributed by atoms with Crippen LogP contribution < -0.4 is 4.74 Å². The lowest BCUT2D eigenvalue weighted by molar-refractivity contribution is -0.137. The number of fused-ring (bicyclic) bond motifs is 1. The van der Waals surface area contributed by atoms with Crippen LogP contribution in [-0.4, -0.2) is 5.11 Å². The van der Waals surface area contributed by atoms with E-state index in [-0.39, 0.29) is 12.4 Å². The van der Waals surface area contributed by atoms with E-state index in [0.29, 0.717) is 17.1 Å². The van der Waals surface area contributed by atoms with E-state index in [9.17, 15) is 18.3 Å². The van der Waals surface area contributed by atoms with Gasteiger partial charge in [0.2, 0.25) is 0 Å². The third kappa shape index (κ3) is 3.00. The molecule has 6 heteroatoms. The molecule has 0 saturated heterocycles. The Morgan fingerprint density at radius 1 is 1.00 bits per heavy atom. The number of furan rings is 1. The number of phenols is 1. The lowest BCUT2D eigenvalue weighted by atomic mass is 10.2. The third-order valence-corrected chi connectivity index (χ3v) is 3.11. The van der Waals surface area contributed by atoms with Crippen molar-refractivity contribution >= 4 is 11.0 Å². The minimum absolute atomic E-state index is 0.0841. The van der Waals surface area contributed by atoms with E-state index in [2.05, 4.69) is 0 Å². The van der Waals surface area contributed by atoms with Gasteiger partial charge in [0.15, 0.2) is 0 Å². The molecule has 1 aromatic heterocycles. The highest BCUT2D eigenvalue weighted by Gasteiger charge is 2.30. The fourth-order valence-electron chi connectivity index (χ4n) is 2.05. The van der Waals surface area contributed by atoms with Crippen molar-refractivity contribution in [1.82, 2.24) is 0 Å².